The maximum atomic E-state index is 4.26. The van der Waals surface area contributed by atoms with E-state index in [1.165, 1.54) is 18.2 Å². The minimum atomic E-state index is 0.760. The molecule has 0 radical (unpaired) electrons. The van der Waals surface area contributed by atoms with E-state index >= 15 is 0 Å². The van der Waals surface area contributed by atoms with Gasteiger partial charge in [0.1, 0.15) is 5.82 Å². The zero-order valence-corrected chi connectivity index (χ0v) is 8.02. The van der Waals surface area contributed by atoms with Gasteiger partial charge in [-0.15, -0.1) is 5.10 Å². The highest BCUT2D eigenvalue weighted by molar-refractivity contribution is 8.01. The molecule has 0 saturated heterocycles. The first-order valence-corrected chi connectivity index (χ1v) is 4.93. The fraction of sp³-hybridized carbons (Fsp3) is 0.500. The van der Waals surface area contributed by atoms with Crippen molar-refractivity contribution in [3.63, 3.8) is 0 Å². The Balaban J connectivity index is 2.46. The Morgan fingerprint density at radius 2 is 2.50 bits per heavy atom. The quantitative estimate of drug-likeness (QED) is 0.713. The van der Waals surface area contributed by atoms with Crippen LogP contribution in [0.1, 0.15) is 25.6 Å². The first kappa shape index (κ1) is 9.32. The number of aryl methyl sites for hydroxylation is 1. The number of nitrogens with one attached hydrogen (secondary N) is 1. The lowest BCUT2D eigenvalue weighted by molar-refractivity contribution is 0.755. The van der Waals surface area contributed by atoms with E-state index in [-0.39, 0.29) is 0 Å². The molecule has 0 spiro atoms. The van der Waals surface area contributed by atoms with Crippen LogP contribution in [0.25, 0.3) is 0 Å². The predicted molar refractivity (Wildman–Crippen MR) is 51.0 cm³/mol. The van der Waals surface area contributed by atoms with E-state index in [4.69, 9.17) is 0 Å². The van der Waals surface area contributed by atoms with Crippen molar-refractivity contribution in [3.05, 3.63) is 17.8 Å². The SMILES string of the molecule is C=CSc1n[nH]c(CCCC)n1. The number of aromatic amines is 1. The monoisotopic (exact) mass is 183 g/mol. The molecular weight excluding hydrogens is 170 g/mol. The van der Waals surface area contributed by atoms with Crippen LogP contribution in [0.5, 0.6) is 0 Å². The lowest BCUT2D eigenvalue weighted by atomic mass is 10.2. The van der Waals surface area contributed by atoms with Gasteiger partial charge in [0.25, 0.3) is 0 Å². The van der Waals surface area contributed by atoms with E-state index < -0.39 is 0 Å². The molecule has 0 unspecified atom stereocenters. The van der Waals surface area contributed by atoms with E-state index in [9.17, 15) is 0 Å². The molecule has 0 atom stereocenters. The summed E-state index contributed by atoms with van der Waals surface area (Å²) in [5.74, 6) is 0.973. The molecule has 0 aliphatic carbocycles. The van der Waals surface area contributed by atoms with Crippen molar-refractivity contribution in [2.75, 3.05) is 0 Å². The fourth-order valence-corrected chi connectivity index (χ4v) is 1.27. The van der Waals surface area contributed by atoms with E-state index in [0.717, 1.165) is 23.8 Å². The number of hydrogen-bond acceptors (Lipinski definition) is 3. The minimum absolute atomic E-state index is 0.760. The van der Waals surface area contributed by atoms with Crippen molar-refractivity contribution in [1.82, 2.24) is 15.2 Å². The van der Waals surface area contributed by atoms with Crippen LogP contribution in [0.2, 0.25) is 0 Å². The highest BCUT2D eigenvalue weighted by atomic mass is 32.2. The molecule has 0 amide bonds. The van der Waals surface area contributed by atoms with Gasteiger partial charge in [-0.1, -0.05) is 31.7 Å². The van der Waals surface area contributed by atoms with E-state index in [1.807, 2.05) is 0 Å². The van der Waals surface area contributed by atoms with Crippen molar-refractivity contribution in [1.29, 1.82) is 0 Å². The van der Waals surface area contributed by atoms with E-state index in [0.29, 0.717) is 0 Å². The van der Waals surface area contributed by atoms with E-state index in [2.05, 4.69) is 28.7 Å². The second-order valence-electron chi connectivity index (χ2n) is 2.45. The molecule has 0 aliphatic rings. The van der Waals surface area contributed by atoms with Crippen LogP contribution in [0, 0.1) is 0 Å². The molecule has 1 aromatic rings. The standard InChI is InChI=1S/C8H13N3S/c1-3-5-6-7-9-8(11-10-7)12-4-2/h4H,2-3,5-6H2,1H3,(H,9,10,11). The lowest BCUT2D eigenvalue weighted by Crippen LogP contribution is -1.86. The number of hydrogen-bond donors (Lipinski definition) is 1. The molecule has 1 N–H and O–H groups in total. The van der Waals surface area contributed by atoms with Crippen LogP contribution in [0.3, 0.4) is 0 Å². The Hall–Kier alpha value is -0.770. The van der Waals surface area contributed by atoms with Gasteiger partial charge < -0.3 is 0 Å². The van der Waals surface area contributed by atoms with Crippen LogP contribution in [0.15, 0.2) is 17.1 Å². The molecule has 3 nitrogen and oxygen atoms in total. The highest BCUT2D eigenvalue weighted by Gasteiger charge is 2.00. The first-order valence-electron chi connectivity index (χ1n) is 4.05. The maximum Gasteiger partial charge on any atom is 0.212 e. The third-order valence-corrected chi connectivity index (χ3v) is 2.03. The van der Waals surface area contributed by atoms with Crippen molar-refractivity contribution >= 4 is 11.8 Å². The predicted octanol–water partition coefficient (Wildman–Crippen LogP) is 2.38. The Kier molecular flexibility index (Phi) is 3.87. The number of thioether (sulfide) groups is 1. The number of aromatic nitrogens is 3. The Labute approximate surface area is 76.7 Å². The fourth-order valence-electron chi connectivity index (χ4n) is 0.861. The summed E-state index contributed by atoms with van der Waals surface area (Å²) in [7, 11) is 0. The second-order valence-corrected chi connectivity index (χ2v) is 3.39. The van der Waals surface area contributed by atoms with Gasteiger partial charge in [0.05, 0.1) is 0 Å². The smallest absolute Gasteiger partial charge is 0.212 e. The van der Waals surface area contributed by atoms with Gasteiger partial charge in [-0.25, -0.2) is 4.98 Å². The molecule has 1 rings (SSSR count). The van der Waals surface area contributed by atoms with Crippen LogP contribution in [-0.4, -0.2) is 15.2 Å². The molecule has 1 heterocycles. The number of nitrogens with zero attached hydrogens (tertiary/aromatic N) is 2. The summed E-state index contributed by atoms with van der Waals surface area (Å²) < 4.78 is 0. The number of H-pyrrole nitrogens is 1. The second kappa shape index (κ2) is 4.98. The van der Waals surface area contributed by atoms with Gasteiger partial charge in [-0.3, -0.25) is 5.10 Å². The normalized spacial score (nSPS) is 10.1. The molecule has 0 bridgehead atoms. The molecular formula is C8H13N3S. The van der Waals surface area contributed by atoms with Crippen LogP contribution < -0.4 is 0 Å². The summed E-state index contributed by atoms with van der Waals surface area (Å²) in [6.45, 7) is 5.76. The summed E-state index contributed by atoms with van der Waals surface area (Å²) in [4.78, 5) is 4.26. The van der Waals surface area contributed by atoms with Crippen LogP contribution >= 0.6 is 11.8 Å². The van der Waals surface area contributed by atoms with Crippen molar-refractivity contribution in [2.24, 2.45) is 0 Å². The number of unbranched alkanes of at least 4 members (excludes halogenated alkanes) is 1. The summed E-state index contributed by atoms with van der Waals surface area (Å²) in [6, 6.07) is 0. The molecule has 0 aromatic carbocycles. The summed E-state index contributed by atoms with van der Waals surface area (Å²) in [5.41, 5.74) is 0. The van der Waals surface area contributed by atoms with Gasteiger partial charge in [0, 0.05) is 6.42 Å². The van der Waals surface area contributed by atoms with Gasteiger partial charge in [0.2, 0.25) is 5.16 Å². The van der Waals surface area contributed by atoms with Crippen molar-refractivity contribution in [2.45, 2.75) is 31.3 Å². The van der Waals surface area contributed by atoms with Gasteiger partial charge in [0.15, 0.2) is 0 Å². The molecule has 0 fully saturated rings. The molecule has 4 heteroatoms. The summed E-state index contributed by atoms with van der Waals surface area (Å²) in [6.07, 6.45) is 3.33. The maximum absolute atomic E-state index is 4.26. The van der Waals surface area contributed by atoms with E-state index in [1.54, 1.807) is 5.41 Å². The Morgan fingerprint density at radius 3 is 3.17 bits per heavy atom. The van der Waals surface area contributed by atoms with Gasteiger partial charge in [-0.05, 0) is 11.8 Å². The van der Waals surface area contributed by atoms with Crippen LogP contribution in [0.4, 0.5) is 0 Å². The summed E-state index contributed by atoms with van der Waals surface area (Å²) >= 11 is 1.44. The molecule has 66 valence electrons. The lowest BCUT2D eigenvalue weighted by Gasteiger charge is -1.89. The molecule has 12 heavy (non-hydrogen) atoms. The molecule has 1 aromatic heterocycles. The average Bonchev–Trinajstić information content (AvgIpc) is 2.50. The third-order valence-electron chi connectivity index (χ3n) is 1.47. The number of rotatable bonds is 5. The summed E-state index contributed by atoms with van der Waals surface area (Å²) in [5, 5.41) is 9.40. The van der Waals surface area contributed by atoms with Gasteiger partial charge in [-0.2, -0.15) is 0 Å². The topological polar surface area (TPSA) is 41.6 Å². The Morgan fingerprint density at radius 1 is 1.67 bits per heavy atom. The third kappa shape index (κ3) is 2.70. The first-order chi connectivity index (χ1) is 5.86. The average molecular weight is 183 g/mol. The highest BCUT2D eigenvalue weighted by Crippen LogP contribution is 2.12. The van der Waals surface area contributed by atoms with Crippen LogP contribution in [-0.2, 0) is 6.42 Å². The minimum Gasteiger partial charge on any atom is -0.262 e. The van der Waals surface area contributed by atoms with Crippen molar-refractivity contribution < 1.29 is 0 Å². The molecule has 0 saturated carbocycles. The Bertz CT molecular complexity index is 244. The van der Waals surface area contributed by atoms with Gasteiger partial charge >= 0.3 is 0 Å². The van der Waals surface area contributed by atoms with Crippen molar-refractivity contribution in [3.8, 4) is 0 Å². The zero-order valence-electron chi connectivity index (χ0n) is 7.21. The molecule has 0 aliphatic heterocycles. The zero-order chi connectivity index (χ0) is 8.81. The largest absolute Gasteiger partial charge is 0.262 e.